The first-order valence-corrected chi connectivity index (χ1v) is 8.49. The molecule has 3 aromatic rings. The third kappa shape index (κ3) is 4.05. The standard InChI is InChI=1S/C19H22N4O3/c1-13-12-16(14(2)26-13)18(24)21-22-19(25)20-9-5-10-23-11-8-15-6-3-4-7-17(15)23/h3-4,6-8,11-12H,5,9-10H2,1-2H3,(H,21,24)(H2,20,22,25). The van der Waals surface area contributed by atoms with Crippen molar-refractivity contribution < 1.29 is 14.0 Å². The van der Waals surface area contributed by atoms with Crippen LogP contribution in [0.25, 0.3) is 10.9 Å². The zero-order valence-electron chi connectivity index (χ0n) is 14.8. The molecule has 7 nitrogen and oxygen atoms in total. The number of fused-ring (bicyclic) bond motifs is 1. The molecule has 0 saturated heterocycles. The summed E-state index contributed by atoms with van der Waals surface area (Å²) in [4.78, 5) is 23.8. The molecule has 0 aliphatic rings. The molecule has 136 valence electrons. The number of amides is 3. The highest BCUT2D eigenvalue weighted by Crippen LogP contribution is 2.15. The first kappa shape index (κ1) is 17.6. The molecule has 2 heterocycles. The zero-order valence-corrected chi connectivity index (χ0v) is 14.8. The number of furan rings is 1. The van der Waals surface area contributed by atoms with Crippen molar-refractivity contribution in [1.82, 2.24) is 20.7 Å². The Labute approximate surface area is 151 Å². The van der Waals surface area contributed by atoms with Crippen molar-refractivity contribution in [3.63, 3.8) is 0 Å². The van der Waals surface area contributed by atoms with Gasteiger partial charge in [0.25, 0.3) is 5.91 Å². The van der Waals surface area contributed by atoms with Crippen LogP contribution in [0.5, 0.6) is 0 Å². The van der Waals surface area contributed by atoms with Crippen molar-refractivity contribution >= 4 is 22.8 Å². The molecule has 0 fully saturated rings. The normalized spacial score (nSPS) is 10.7. The van der Waals surface area contributed by atoms with E-state index in [1.54, 1.807) is 19.9 Å². The number of hydrazine groups is 1. The Balaban J connectivity index is 1.39. The van der Waals surface area contributed by atoms with Crippen molar-refractivity contribution in [3.8, 4) is 0 Å². The summed E-state index contributed by atoms with van der Waals surface area (Å²) in [6, 6.07) is 11.4. The fourth-order valence-electron chi connectivity index (χ4n) is 2.87. The van der Waals surface area contributed by atoms with Crippen LogP contribution >= 0.6 is 0 Å². The van der Waals surface area contributed by atoms with Gasteiger partial charge in [-0.1, -0.05) is 18.2 Å². The smallest absolute Gasteiger partial charge is 0.333 e. The molecule has 1 aromatic carbocycles. The van der Waals surface area contributed by atoms with E-state index in [-0.39, 0.29) is 0 Å². The van der Waals surface area contributed by atoms with Gasteiger partial charge < -0.3 is 14.3 Å². The highest BCUT2D eigenvalue weighted by Gasteiger charge is 2.13. The van der Waals surface area contributed by atoms with Crippen LogP contribution in [0.3, 0.4) is 0 Å². The maximum atomic E-state index is 12.0. The minimum atomic E-state index is -0.450. The van der Waals surface area contributed by atoms with Crippen molar-refractivity contribution in [2.24, 2.45) is 0 Å². The van der Waals surface area contributed by atoms with Gasteiger partial charge in [0.1, 0.15) is 11.5 Å². The third-order valence-electron chi connectivity index (χ3n) is 4.12. The topological polar surface area (TPSA) is 88.3 Å². The van der Waals surface area contributed by atoms with Crippen LogP contribution < -0.4 is 16.2 Å². The Morgan fingerprint density at radius 2 is 1.92 bits per heavy atom. The lowest BCUT2D eigenvalue weighted by Crippen LogP contribution is -2.47. The van der Waals surface area contributed by atoms with E-state index in [0.717, 1.165) is 13.0 Å². The van der Waals surface area contributed by atoms with Crippen molar-refractivity contribution in [1.29, 1.82) is 0 Å². The molecule has 2 aromatic heterocycles. The van der Waals surface area contributed by atoms with Gasteiger partial charge in [0, 0.05) is 24.8 Å². The number of urea groups is 1. The number of nitrogens with one attached hydrogen (secondary N) is 3. The number of hydrogen-bond donors (Lipinski definition) is 3. The summed E-state index contributed by atoms with van der Waals surface area (Å²) in [5, 5.41) is 3.92. The summed E-state index contributed by atoms with van der Waals surface area (Å²) in [5.41, 5.74) is 6.29. The van der Waals surface area contributed by atoms with E-state index in [2.05, 4.69) is 38.9 Å². The molecule has 0 bridgehead atoms. The molecule has 0 saturated carbocycles. The van der Waals surface area contributed by atoms with E-state index in [1.807, 2.05) is 18.3 Å². The summed E-state index contributed by atoms with van der Waals surface area (Å²) in [7, 11) is 0. The maximum absolute atomic E-state index is 12.0. The minimum absolute atomic E-state index is 0.405. The number of aromatic nitrogens is 1. The Morgan fingerprint density at radius 3 is 2.69 bits per heavy atom. The number of aryl methyl sites for hydroxylation is 3. The summed E-state index contributed by atoms with van der Waals surface area (Å²) in [5.74, 6) is 0.754. The van der Waals surface area contributed by atoms with Gasteiger partial charge in [-0.25, -0.2) is 10.2 Å². The first-order chi connectivity index (χ1) is 12.5. The Bertz CT molecular complexity index is 926. The van der Waals surface area contributed by atoms with Crippen LogP contribution in [0.2, 0.25) is 0 Å². The number of hydrogen-bond acceptors (Lipinski definition) is 3. The van der Waals surface area contributed by atoms with E-state index >= 15 is 0 Å². The molecule has 26 heavy (non-hydrogen) atoms. The average Bonchev–Trinajstić information content (AvgIpc) is 3.19. The molecular weight excluding hydrogens is 332 g/mol. The minimum Gasteiger partial charge on any atom is -0.466 e. The Morgan fingerprint density at radius 1 is 1.12 bits per heavy atom. The largest absolute Gasteiger partial charge is 0.466 e. The second kappa shape index (κ2) is 7.77. The lowest BCUT2D eigenvalue weighted by atomic mass is 10.2. The van der Waals surface area contributed by atoms with E-state index in [1.165, 1.54) is 10.9 Å². The average molecular weight is 354 g/mol. The molecule has 0 aliphatic heterocycles. The first-order valence-electron chi connectivity index (χ1n) is 8.49. The fourth-order valence-corrected chi connectivity index (χ4v) is 2.87. The molecule has 0 spiro atoms. The van der Waals surface area contributed by atoms with Gasteiger partial charge in [0.15, 0.2) is 0 Å². The number of benzene rings is 1. The van der Waals surface area contributed by atoms with Gasteiger partial charge in [-0.15, -0.1) is 0 Å². The van der Waals surface area contributed by atoms with Gasteiger partial charge in [-0.2, -0.15) is 0 Å². The maximum Gasteiger partial charge on any atom is 0.333 e. The SMILES string of the molecule is Cc1cc(C(=O)NNC(=O)NCCCn2ccc3ccccc32)c(C)o1. The summed E-state index contributed by atoms with van der Waals surface area (Å²) >= 11 is 0. The summed E-state index contributed by atoms with van der Waals surface area (Å²) in [6.07, 6.45) is 2.82. The van der Waals surface area contributed by atoms with Gasteiger partial charge >= 0.3 is 6.03 Å². The van der Waals surface area contributed by atoms with Crippen molar-refractivity contribution in [3.05, 3.63) is 59.7 Å². The zero-order chi connectivity index (χ0) is 18.5. The van der Waals surface area contributed by atoms with E-state index in [4.69, 9.17) is 4.42 Å². The van der Waals surface area contributed by atoms with Gasteiger partial charge in [0.05, 0.1) is 5.56 Å². The van der Waals surface area contributed by atoms with Crippen LogP contribution in [0, 0.1) is 13.8 Å². The number of para-hydroxylation sites is 1. The third-order valence-corrected chi connectivity index (χ3v) is 4.12. The lowest BCUT2D eigenvalue weighted by molar-refractivity contribution is 0.0934. The number of carbonyl (C=O) groups is 2. The molecule has 0 unspecified atom stereocenters. The molecule has 3 N–H and O–H groups in total. The predicted octanol–water partition coefficient (Wildman–Crippen LogP) is 2.89. The van der Waals surface area contributed by atoms with Gasteiger partial charge in [-0.3, -0.25) is 10.2 Å². The number of rotatable bonds is 5. The molecule has 7 heteroatoms. The van der Waals surface area contributed by atoms with Crippen LogP contribution in [-0.4, -0.2) is 23.1 Å². The van der Waals surface area contributed by atoms with Crippen molar-refractivity contribution in [2.45, 2.75) is 26.8 Å². The van der Waals surface area contributed by atoms with Gasteiger partial charge in [-0.05, 0) is 43.9 Å². The fraction of sp³-hybridized carbons (Fsp3) is 0.263. The van der Waals surface area contributed by atoms with Crippen LogP contribution in [-0.2, 0) is 6.54 Å². The van der Waals surface area contributed by atoms with Crippen LogP contribution in [0.15, 0.2) is 47.0 Å². The highest BCUT2D eigenvalue weighted by atomic mass is 16.3. The second-order valence-corrected chi connectivity index (χ2v) is 6.08. The highest BCUT2D eigenvalue weighted by molar-refractivity contribution is 5.96. The van der Waals surface area contributed by atoms with Crippen LogP contribution in [0.4, 0.5) is 4.79 Å². The van der Waals surface area contributed by atoms with Crippen LogP contribution in [0.1, 0.15) is 28.3 Å². The molecular formula is C19H22N4O3. The number of carbonyl (C=O) groups excluding carboxylic acids is 2. The number of nitrogens with zero attached hydrogens (tertiary/aromatic N) is 1. The Hall–Kier alpha value is -3.22. The van der Waals surface area contributed by atoms with Gasteiger partial charge in [0.2, 0.25) is 0 Å². The monoisotopic (exact) mass is 354 g/mol. The second-order valence-electron chi connectivity index (χ2n) is 6.08. The van der Waals surface area contributed by atoms with E-state index in [0.29, 0.717) is 23.6 Å². The lowest BCUT2D eigenvalue weighted by Gasteiger charge is -2.09. The summed E-state index contributed by atoms with van der Waals surface area (Å²) < 4.78 is 7.45. The van der Waals surface area contributed by atoms with Crippen molar-refractivity contribution in [2.75, 3.05) is 6.54 Å². The molecule has 0 radical (unpaired) electrons. The quantitative estimate of drug-likeness (QED) is 0.486. The molecule has 3 amide bonds. The predicted molar refractivity (Wildman–Crippen MR) is 98.7 cm³/mol. The molecule has 0 aliphatic carbocycles. The van der Waals surface area contributed by atoms with E-state index < -0.39 is 11.9 Å². The Kier molecular flexibility index (Phi) is 5.26. The molecule has 3 rings (SSSR count). The summed E-state index contributed by atoms with van der Waals surface area (Å²) in [6.45, 7) is 4.76. The van der Waals surface area contributed by atoms with E-state index in [9.17, 15) is 9.59 Å². The molecule has 0 atom stereocenters.